The second kappa shape index (κ2) is 9.42. The first-order valence-electron chi connectivity index (χ1n) is 7.79. The lowest BCUT2D eigenvalue weighted by molar-refractivity contribution is -0.147. The van der Waals surface area contributed by atoms with Crippen LogP contribution in [0.4, 0.5) is 13.2 Å². The maximum absolute atomic E-state index is 11.2. The Labute approximate surface area is 127 Å². The third kappa shape index (κ3) is 13.9. The van der Waals surface area contributed by atoms with Gasteiger partial charge in [-0.15, -0.1) is 0 Å². The summed E-state index contributed by atoms with van der Waals surface area (Å²) in [6.45, 7) is 3.06. The molecule has 0 spiro atoms. The number of carbonyl (C=O) groups is 1. The Bertz CT molecular complexity index is 532. The van der Waals surface area contributed by atoms with Crippen molar-refractivity contribution in [3.05, 3.63) is 0 Å². The van der Waals surface area contributed by atoms with E-state index in [0.717, 1.165) is 0 Å². The molecule has 0 rings (SSSR count). The summed E-state index contributed by atoms with van der Waals surface area (Å²) in [6.07, 6.45) is -5.91. The van der Waals surface area contributed by atoms with Gasteiger partial charge in [-0.3, -0.25) is 4.79 Å². The van der Waals surface area contributed by atoms with Gasteiger partial charge in [-0.05, 0) is 13.8 Å². The summed E-state index contributed by atoms with van der Waals surface area (Å²) in [6, 6.07) is 0. The van der Waals surface area contributed by atoms with Gasteiger partial charge in [0.05, 0.1) is 20.7 Å². The highest BCUT2D eigenvalue weighted by Crippen LogP contribution is 2.20. The van der Waals surface area contributed by atoms with Crippen molar-refractivity contribution in [3.63, 3.8) is 0 Å². The molecule has 0 heterocycles. The van der Waals surface area contributed by atoms with E-state index in [4.69, 9.17) is 30.1 Å². The standard InChI is InChI=1S/C8H17O3S.CHF3O3S/c1-7(2)11-8(9)5-6-10-12(3)4;2-1(3,4)8(5,6)7/h7H,5-6H2,1-4H3;(H,5,6,7)/q+1;/p-1/i3D3,4D3;. The molecule has 0 atom stereocenters. The third-order valence-electron chi connectivity index (χ3n) is 1.16. The van der Waals surface area contributed by atoms with Crippen LogP contribution in [0.1, 0.15) is 28.5 Å². The van der Waals surface area contributed by atoms with Crippen molar-refractivity contribution in [2.24, 2.45) is 0 Å². The van der Waals surface area contributed by atoms with Gasteiger partial charge >= 0.3 is 11.5 Å². The first-order valence-corrected chi connectivity index (χ1v) is 7.34. The van der Waals surface area contributed by atoms with Crippen molar-refractivity contribution in [2.75, 3.05) is 19.0 Å². The van der Waals surface area contributed by atoms with Gasteiger partial charge in [-0.1, -0.05) is 0 Å². The lowest BCUT2D eigenvalue weighted by atomic mass is 10.4. The lowest BCUT2D eigenvalue weighted by Gasteiger charge is -2.08. The van der Waals surface area contributed by atoms with E-state index in [-0.39, 0.29) is 19.1 Å². The molecule has 0 saturated heterocycles. The Morgan fingerprint density at radius 3 is 2.15 bits per heavy atom. The largest absolute Gasteiger partial charge is 0.741 e. The van der Waals surface area contributed by atoms with Gasteiger partial charge in [0.1, 0.15) is 30.2 Å². The zero-order valence-corrected chi connectivity index (χ0v) is 12.0. The van der Waals surface area contributed by atoms with Crippen molar-refractivity contribution < 1.29 is 48.1 Å². The van der Waals surface area contributed by atoms with Crippen LogP contribution in [0.2, 0.25) is 0 Å². The van der Waals surface area contributed by atoms with E-state index in [1.807, 2.05) is 0 Å². The van der Waals surface area contributed by atoms with E-state index < -0.39 is 45.1 Å². The molecule has 0 aromatic heterocycles. The fourth-order valence-corrected chi connectivity index (χ4v) is 0.780. The first-order chi connectivity index (χ1) is 11.2. The Kier molecular flexibility index (Phi) is 5.68. The topological polar surface area (TPSA) is 92.7 Å². The van der Waals surface area contributed by atoms with Gasteiger partial charge in [-0.25, -0.2) is 8.42 Å². The molecule has 122 valence electrons. The summed E-state index contributed by atoms with van der Waals surface area (Å²) in [5.74, 6) is -0.551. The predicted molar refractivity (Wildman–Crippen MR) is 66.8 cm³/mol. The predicted octanol–water partition coefficient (Wildman–Crippen LogP) is 1.19. The van der Waals surface area contributed by atoms with Crippen LogP contribution in [0.25, 0.3) is 0 Å². The van der Waals surface area contributed by atoms with Gasteiger partial charge in [0.25, 0.3) is 0 Å². The highest BCUT2D eigenvalue weighted by Gasteiger charge is 2.36. The van der Waals surface area contributed by atoms with Crippen LogP contribution >= 0.6 is 0 Å². The van der Waals surface area contributed by atoms with Crippen LogP contribution in [0.15, 0.2) is 0 Å². The van der Waals surface area contributed by atoms with Crippen LogP contribution in [0, 0.1) is 0 Å². The van der Waals surface area contributed by atoms with Gasteiger partial charge in [0.2, 0.25) is 0 Å². The molecule has 6 nitrogen and oxygen atoms in total. The minimum Gasteiger partial charge on any atom is -0.741 e. The van der Waals surface area contributed by atoms with E-state index in [2.05, 4.69) is 0 Å². The van der Waals surface area contributed by atoms with Crippen LogP contribution < -0.4 is 0 Å². The average Bonchev–Trinajstić information content (AvgIpc) is 2.28. The molecule has 20 heavy (non-hydrogen) atoms. The Hall–Kier alpha value is -0.520. The van der Waals surface area contributed by atoms with E-state index in [1.54, 1.807) is 13.8 Å². The first kappa shape index (κ1) is 12.1. The van der Waals surface area contributed by atoms with Crippen LogP contribution in [0.3, 0.4) is 0 Å². The highest BCUT2D eigenvalue weighted by atomic mass is 32.2. The number of alkyl halides is 3. The molecule has 0 unspecified atom stereocenters. The summed E-state index contributed by atoms with van der Waals surface area (Å²) >= 11 is -2.20. The molecular formula is C9H17F3O6S2. The minimum atomic E-state index is -6.09. The van der Waals surface area contributed by atoms with Gasteiger partial charge in [0, 0.05) is 0 Å². The molecule has 0 N–H and O–H groups in total. The molecule has 0 amide bonds. The molecule has 0 bridgehead atoms. The van der Waals surface area contributed by atoms with Crippen LogP contribution in [-0.2, 0) is 35.0 Å². The van der Waals surface area contributed by atoms with E-state index >= 15 is 0 Å². The maximum atomic E-state index is 11.2. The number of carbonyl (C=O) groups excluding carboxylic acids is 1. The number of esters is 1. The third-order valence-corrected chi connectivity index (χ3v) is 2.13. The van der Waals surface area contributed by atoms with Gasteiger partial charge in [-0.2, -0.15) is 17.4 Å². The molecule has 0 aliphatic carbocycles. The zero-order chi connectivity index (χ0) is 21.6. The molecule has 11 heteroatoms. The SMILES string of the molecule is O=S(=O)([O-])C(F)(F)F.[2H]C([2H])([2H])[S+](OCCC(=O)OC(C)C)C([2H])([2H])[2H]. The number of hydrogen-bond donors (Lipinski definition) is 0. The van der Waals surface area contributed by atoms with Crippen molar-refractivity contribution in [1.29, 1.82) is 0 Å². The summed E-state index contributed by atoms with van der Waals surface area (Å²) < 4.78 is 111. The average molecular weight is 348 g/mol. The lowest BCUT2D eigenvalue weighted by Crippen LogP contribution is -2.21. The number of rotatable bonds is 5. The van der Waals surface area contributed by atoms with Crippen LogP contribution in [-0.4, -0.2) is 49.5 Å². The molecular weight excluding hydrogens is 325 g/mol. The smallest absolute Gasteiger partial charge is 0.485 e. The molecule has 0 aliphatic heterocycles. The normalized spacial score (nSPS) is 17.8. The zero-order valence-electron chi connectivity index (χ0n) is 16.4. The van der Waals surface area contributed by atoms with Gasteiger partial charge < -0.3 is 9.29 Å². The second-order valence-corrected chi connectivity index (χ2v) is 5.42. The molecule has 0 aliphatic rings. The van der Waals surface area contributed by atoms with Crippen molar-refractivity contribution in [3.8, 4) is 0 Å². The summed E-state index contributed by atoms with van der Waals surface area (Å²) in [7, 11) is -6.09. The summed E-state index contributed by atoms with van der Waals surface area (Å²) in [5.41, 5.74) is -5.65. The van der Waals surface area contributed by atoms with E-state index in [9.17, 15) is 18.0 Å². The number of ether oxygens (including phenoxy) is 1. The Morgan fingerprint density at radius 2 is 1.85 bits per heavy atom. The minimum absolute atomic E-state index is 0.173. The quantitative estimate of drug-likeness (QED) is 0.321. The summed E-state index contributed by atoms with van der Waals surface area (Å²) in [4.78, 5) is 11.2. The highest BCUT2D eigenvalue weighted by molar-refractivity contribution is 7.90. The Balaban J connectivity index is 0. The monoisotopic (exact) mass is 348 g/mol. The summed E-state index contributed by atoms with van der Waals surface area (Å²) in [5, 5.41) is 0. The second-order valence-electron chi connectivity index (χ2n) is 3.28. The fourth-order valence-electron chi connectivity index (χ4n) is 0.530. The molecule has 0 aromatic carbocycles. The number of halogens is 3. The van der Waals surface area contributed by atoms with Crippen LogP contribution in [0.5, 0.6) is 0 Å². The molecule has 0 saturated carbocycles. The Morgan fingerprint density at radius 1 is 1.40 bits per heavy atom. The van der Waals surface area contributed by atoms with Crippen molar-refractivity contribution >= 4 is 27.3 Å². The van der Waals surface area contributed by atoms with Crippen molar-refractivity contribution in [2.45, 2.75) is 31.9 Å². The molecule has 0 radical (unpaired) electrons. The fraction of sp³-hybridized carbons (Fsp3) is 0.889. The van der Waals surface area contributed by atoms with Crippen molar-refractivity contribution in [1.82, 2.24) is 0 Å². The van der Waals surface area contributed by atoms with E-state index in [1.165, 1.54) is 0 Å². The van der Waals surface area contributed by atoms with Gasteiger partial charge in [0.15, 0.2) is 10.1 Å². The number of hydrogen-bond acceptors (Lipinski definition) is 6. The molecule has 0 aromatic rings. The maximum Gasteiger partial charge on any atom is 0.485 e. The molecule has 0 fully saturated rings. The van der Waals surface area contributed by atoms with E-state index in [0.29, 0.717) is 0 Å².